The van der Waals surface area contributed by atoms with Gasteiger partial charge in [0, 0.05) is 12.8 Å². The quantitative estimate of drug-likeness (QED) is 0.688. The number of ether oxygens (including phenoxy) is 2. The molecule has 0 unspecified atom stereocenters. The number of aliphatic hydroxyl groups excluding tert-OH is 1. The van der Waals surface area contributed by atoms with Gasteiger partial charge in [-0.2, -0.15) is 0 Å². The van der Waals surface area contributed by atoms with Crippen LogP contribution in [0.15, 0.2) is 0 Å². The fourth-order valence-electron chi connectivity index (χ4n) is 4.03. The molecular formula is C13H22O3. The zero-order valence-corrected chi connectivity index (χ0v) is 9.91. The highest BCUT2D eigenvalue weighted by atomic mass is 16.7. The molecule has 0 aromatic rings. The number of rotatable bonds is 0. The first kappa shape index (κ1) is 11.0. The minimum absolute atomic E-state index is 0.0923. The van der Waals surface area contributed by atoms with E-state index in [1.807, 2.05) is 0 Å². The molecule has 2 spiro atoms. The van der Waals surface area contributed by atoms with E-state index < -0.39 is 0 Å². The summed E-state index contributed by atoms with van der Waals surface area (Å²) in [6.45, 7) is 1.50. The van der Waals surface area contributed by atoms with E-state index in [9.17, 15) is 5.11 Å². The molecule has 0 aromatic carbocycles. The maximum absolute atomic E-state index is 9.88. The number of hydrogen-bond donors (Lipinski definition) is 1. The largest absolute Gasteiger partial charge is 0.393 e. The topological polar surface area (TPSA) is 38.7 Å². The minimum atomic E-state index is -0.282. The van der Waals surface area contributed by atoms with Gasteiger partial charge in [0.15, 0.2) is 5.79 Å². The third-order valence-corrected chi connectivity index (χ3v) is 4.64. The van der Waals surface area contributed by atoms with E-state index >= 15 is 0 Å². The van der Waals surface area contributed by atoms with Crippen molar-refractivity contribution in [3.63, 3.8) is 0 Å². The van der Waals surface area contributed by atoms with Crippen LogP contribution < -0.4 is 0 Å². The SMILES string of the molecule is O[C@@H]1CCC[C@@]2(CCCC3(C2)OCCO3)C1. The summed E-state index contributed by atoms with van der Waals surface area (Å²) >= 11 is 0. The van der Waals surface area contributed by atoms with Crippen molar-refractivity contribution in [2.24, 2.45) is 5.41 Å². The van der Waals surface area contributed by atoms with Crippen molar-refractivity contribution in [3.8, 4) is 0 Å². The van der Waals surface area contributed by atoms with Crippen LogP contribution in [-0.2, 0) is 9.47 Å². The molecule has 92 valence electrons. The molecule has 1 saturated heterocycles. The number of hydrogen-bond acceptors (Lipinski definition) is 3. The zero-order valence-electron chi connectivity index (χ0n) is 9.91. The van der Waals surface area contributed by atoms with Crippen LogP contribution in [0.2, 0.25) is 0 Å². The normalized spacial score (nSPS) is 42.9. The van der Waals surface area contributed by atoms with Gasteiger partial charge in [-0.25, -0.2) is 0 Å². The van der Waals surface area contributed by atoms with Crippen LogP contribution in [-0.4, -0.2) is 30.2 Å². The molecule has 0 bridgehead atoms. The van der Waals surface area contributed by atoms with Crippen molar-refractivity contribution < 1.29 is 14.6 Å². The van der Waals surface area contributed by atoms with Crippen molar-refractivity contribution in [2.45, 2.75) is 63.3 Å². The molecule has 3 fully saturated rings. The molecule has 2 atom stereocenters. The molecule has 2 aliphatic carbocycles. The van der Waals surface area contributed by atoms with Crippen molar-refractivity contribution in [1.29, 1.82) is 0 Å². The Balaban J connectivity index is 1.75. The smallest absolute Gasteiger partial charge is 0.169 e. The van der Waals surface area contributed by atoms with Gasteiger partial charge in [-0.05, 0) is 37.5 Å². The summed E-state index contributed by atoms with van der Waals surface area (Å²) in [7, 11) is 0. The van der Waals surface area contributed by atoms with Crippen LogP contribution >= 0.6 is 0 Å². The Labute approximate surface area is 97.1 Å². The third kappa shape index (κ3) is 1.89. The van der Waals surface area contributed by atoms with E-state index in [0.29, 0.717) is 5.41 Å². The van der Waals surface area contributed by atoms with Crippen molar-refractivity contribution >= 4 is 0 Å². The highest BCUT2D eigenvalue weighted by Crippen LogP contribution is 2.52. The Kier molecular flexibility index (Phi) is 2.73. The fraction of sp³-hybridized carbons (Fsp3) is 1.00. The molecule has 16 heavy (non-hydrogen) atoms. The first-order valence-electron chi connectivity index (χ1n) is 6.68. The van der Waals surface area contributed by atoms with E-state index in [2.05, 4.69) is 0 Å². The minimum Gasteiger partial charge on any atom is -0.393 e. The maximum atomic E-state index is 9.88. The molecule has 0 aromatic heterocycles. The second kappa shape index (κ2) is 3.97. The van der Waals surface area contributed by atoms with Gasteiger partial charge in [-0.15, -0.1) is 0 Å². The van der Waals surface area contributed by atoms with Gasteiger partial charge < -0.3 is 14.6 Å². The highest BCUT2D eigenvalue weighted by Gasteiger charge is 2.49. The third-order valence-electron chi connectivity index (χ3n) is 4.64. The lowest BCUT2D eigenvalue weighted by molar-refractivity contribution is -0.209. The predicted octanol–water partition coefficient (Wildman–Crippen LogP) is 2.22. The molecule has 3 heteroatoms. The van der Waals surface area contributed by atoms with E-state index in [4.69, 9.17) is 9.47 Å². The summed E-state index contributed by atoms with van der Waals surface area (Å²) in [5.41, 5.74) is 0.306. The summed E-state index contributed by atoms with van der Waals surface area (Å²) in [6.07, 6.45) is 8.76. The van der Waals surface area contributed by atoms with Gasteiger partial charge in [0.1, 0.15) is 0 Å². The Bertz CT molecular complexity index is 256. The summed E-state index contributed by atoms with van der Waals surface area (Å²) in [5.74, 6) is -0.282. The monoisotopic (exact) mass is 226 g/mol. The Morgan fingerprint density at radius 1 is 1.00 bits per heavy atom. The average molecular weight is 226 g/mol. The van der Waals surface area contributed by atoms with Gasteiger partial charge in [0.2, 0.25) is 0 Å². The zero-order chi connectivity index (χ0) is 11.1. The number of aliphatic hydroxyl groups is 1. The van der Waals surface area contributed by atoms with E-state index in [1.165, 1.54) is 19.3 Å². The first-order valence-corrected chi connectivity index (χ1v) is 6.68. The second-order valence-corrected chi connectivity index (χ2v) is 5.89. The van der Waals surface area contributed by atoms with Crippen LogP contribution in [0, 0.1) is 5.41 Å². The standard InChI is InChI=1S/C13H22O3/c14-11-3-1-4-12(9-11)5-2-6-13(10-12)15-7-8-16-13/h11,14H,1-10H2/t11-,12-/m1/s1. The Hall–Kier alpha value is -0.120. The summed E-state index contributed by atoms with van der Waals surface area (Å²) in [6, 6.07) is 0. The van der Waals surface area contributed by atoms with Crippen LogP contribution in [0.25, 0.3) is 0 Å². The van der Waals surface area contributed by atoms with Crippen molar-refractivity contribution in [2.75, 3.05) is 13.2 Å². The van der Waals surface area contributed by atoms with E-state index in [0.717, 1.165) is 45.3 Å². The lowest BCUT2D eigenvalue weighted by Crippen LogP contribution is -2.45. The van der Waals surface area contributed by atoms with E-state index in [-0.39, 0.29) is 11.9 Å². The molecule has 1 N–H and O–H groups in total. The van der Waals surface area contributed by atoms with Gasteiger partial charge in [-0.3, -0.25) is 0 Å². The van der Waals surface area contributed by atoms with Crippen molar-refractivity contribution in [3.05, 3.63) is 0 Å². The Morgan fingerprint density at radius 2 is 1.75 bits per heavy atom. The first-order chi connectivity index (χ1) is 7.72. The molecule has 3 rings (SSSR count). The van der Waals surface area contributed by atoms with Crippen LogP contribution in [0.1, 0.15) is 51.4 Å². The molecule has 1 aliphatic heterocycles. The molecule has 2 saturated carbocycles. The van der Waals surface area contributed by atoms with Gasteiger partial charge in [0.25, 0.3) is 0 Å². The highest BCUT2D eigenvalue weighted by molar-refractivity contribution is 4.95. The summed E-state index contributed by atoms with van der Waals surface area (Å²) in [4.78, 5) is 0. The lowest BCUT2D eigenvalue weighted by Gasteiger charge is -2.48. The molecule has 0 amide bonds. The van der Waals surface area contributed by atoms with Gasteiger partial charge in [-0.1, -0.05) is 6.42 Å². The summed E-state index contributed by atoms with van der Waals surface area (Å²) in [5, 5.41) is 9.88. The maximum Gasteiger partial charge on any atom is 0.169 e. The van der Waals surface area contributed by atoms with E-state index in [1.54, 1.807) is 0 Å². The van der Waals surface area contributed by atoms with Crippen LogP contribution in [0.5, 0.6) is 0 Å². The fourth-order valence-corrected chi connectivity index (χ4v) is 4.03. The molecule has 0 radical (unpaired) electrons. The Morgan fingerprint density at radius 3 is 2.50 bits per heavy atom. The lowest BCUT2D eigenvalue weighted by atomic mass is 9.63. The predicted molar refractivity (Wildman–Crippen MR) is 60.0 cm³/mol. The molecule has 1 heterocycles. The molecular weight excluding hydrogens is 204 g/mol. The average Bonchev–Trinajstić information content (AvgIpc) is 2.65. The second-order valence-electron chi connectivity index (χ2n) is 5.89. The van der Waals surface area contributed by atoms with Gasteiger partial charge >= 0.3 is 0 Å². The van der Waals surface area contributed by atoms with Gasteiger partial charge in [0.05, 0.1) is 19.3 Å². The molecule has 3 aliphatic rings. The van der Waals surface area contributed by atoms with Crippen molar-refractivity contribution in [1.82, 2.24) is 0 Å². The van der Waals surface area contributed by atoms with Crippen LogP contribution in [0.4, 0.5) is 0 Å². The summed E-state index contributed by atoms with van der Waals surface area (Å²) < 4.78 is 11.7. The van der Waals surface area contributed by atoms with Crippen LogP contribution in [0.3, 0.4) is 0 Å². The molecule has 3 nitrogen and oxygen atoms in total.